The third kappa shape index (κ3) is 3.87. The van der Waals surface area contributed by atoms with Crippen molar-refractivity contribution in [2.24, 2.45) is 11.7 Å². The smallest absolute Gasteiger partial charge is 0.225 e. The predicted molar refractivity (Wildman–Crippen MR) is 91.9 cm³/mol. The minimum atomic E-state index is -0.387. The average molecular weight is 324 g/mol. The van der Waals surface area contributed by atoms with E-state index in [1.807, 2.05) is 13.8 Å². The summed E-state index contributed by atoms with van der Waals surface area (Å²) in [6.45, 7) is 10.5. The van der Waals surface area contributed by atoms with Crippen LogP contribution in [0.5, 0.6) is 0 Å². The van der Waals surface area contributed by atoms with Gasteiger partial charge in [-0.25, -0.2) is 4.98 Å². The minimum absolute atomic E-state index is 0.0394. The van der Waals surface area contributed by atoms with Gasteiger partial charge in [-0.3, -0.25) is 4.79 Å². The van der Waals surface area contributed by atoms with Gasteiger partial charge in [0.15, 0.2) is 0 Å². The first-order chi connectivity index (χ1) is 10.1. The van der Waals surface area contributed by atoms with E-state index in [4.69, 9.17) is 5.73 Å². The summed E-state index contributed by atoms with van der Waals surface area (Å²) in [5.74, 6) is -0.0181. The summed E-state index contributed by atoms with van der Waals surface area (Å²) in [5.41, 5.74) is 7.06. The lowest BCUT2D eigenvalue weighted by Gasteiger charge is -2.37. The van der Waals surface area contributed by atoms with Crippen LogP contribution in [0.25, 0.3) is 0 Å². The van der Waals surface area contributed by atoms with Crippen LogP contribution in [0, 0.1) is 5.92 Å². The molecule has 0 radical (unpaired) electrons. The number of hydrogen-bond acceptors (Lipinski definition) is 4. The van der Waals surface area contributed by atoms with E-state index in [1.165, 1.54) is 0 Å². The zero-order valence-corrected chi connectivity index (χ0v) is 15.2. The number of nitrogens with two attached hydrogens (primary N) is 1. The number of nitrogens with zero attached hydrogens (tertiary/aromatic N) is 1. The van der Waals surface area contributed by atoms with Crippen LogP contribution in [0.2, 0.25) is 0 Å². The highest BCUT2D eigenvalue weighted by Crippen LogP contribution is 2.32. The van der Waals surface area contributed by atoms with Crippen molar-refractivity contribution >= 4 is 17.2 Å². The van der Waals surface area contributed by atoms with Crippen LogP contribution in [0.15, 0.2) is 5.38 Å². The summed E-state index contributed by atoms with van der Waals surface area (Å²) in [6, 6.07) is -0.0636. The molecular formula is C17H29N3OS. The molecule has 0 spiro atoms. The van der Waals surface area contributed by atoms with Crippen molar-refractivity contribution in [2.45, 2.75) is 77.3 Å². The van der Waals surface area contributed by atoms with Crippen molar-refractivity contribution < 1.29 is 4.79 Å². The molecule has 1 saturated carbocycles. The summed E-state index contributed by atoms with van der Waals surface area (Å²) in [6.07, 6.45) is 4.01. The molecular weight excluding hydrogens is 294 g/mol. The van der Waals surface area contributed by atoms with Gasteiger partial charge < -0.3 is 11.1 Å². The number of amides is 1. The number of hydrogen-bond donors (Lipinski definition) is 2. The van der Waals surface area contributed by atoms with Gasteiger partial charge in [-0.15, -0.1) is 11.3 Å². The minimum Gasteiger partial charge on any atom is -0.347 e. The molecule has 1 aromatic rings. The quantitative estimate of drug-likeness (QED) is 0.894. The molecule has 1 heterocycles. The molecule has 2 rings (SSSR count). The van der Waals surface area contributed by atoms with Gasteiger partial charge in [0.1, 0.15) is 5.01 Å². The Hall–Kier alpha value is -0.940. The molecule has 3 atom stereocenters. The van der Waals surface area contributed by atoms with E-state index >= 15 is 0 Å². The molecule has 124 valence electrons. The van der Waals surface area contributed by atoms with Crippen LogP contribution in [-0.4, -0.2) is 16.4 Å². The van der Waals surface area contributed by atoms with E-state index in [0.717, 1.165) is 36.4 Å². The van der Waals surface area contributed by atoms with Gasteiger partial charge in [-0.05, 0) is 26.7 Å². The van der Waals surface area contributed by atoms with Crippen molar-refractivity contribution in [2.75, 3.05) is 0 Å². The van der Waals surface area contributed by atoms with Crippen molar-refractivity contribution in [1.82, 2.24) is 10.3 Å². The molecule has 0 aliphatic heterocycles. The average Bonchev–Trinajstić information content (AvgIpc) is 2.87. The molecule has 0 bridgehead atoms. The molecule has 0 aromatic carbocycles. The molecule has 1 aromatic heterocycles. The fourth-order valence-electron chi connectivity index (χ4n) is 3.00. The van der Waals surface area contributed by atoms with Crippen LogP contribution >= 0.6 is 11.3 Å². The third-order valence-electron chi connectivity index (χ3n) is 4.59. The maximum atomic E-state index is 12.6. The van der Waals surface area contributed by atoms with Gasteiger partial charge >= 0.3 is 0 Å². The van der Waals surface area contributed by atoms with E-state index in [2.05, 4.69) is 36.5 Å². The van der Waals surface area contributed by atoms with E-state index in [-0.39, 0.29) is 28.8 Å². The van der Waals surface area contributed by atoms with E-state index in [9.17, 15) is 4.79 Å². The maximum absolute atomic E-state index is 12.6. The Morgan fingerprint density at radius 3 is 2.73 bits per heavy atom. The number of rotatable bonds is 3. The van der Waals surface area contributed by atoms with E-state index < -0.39 is 0 Å². The molecule has 1 aliphatic carbocycles. The Morgan fingerprint density at radius 2 is 2.18 bits per heavy atom. The van der Waals surface area contributed by atoms with Crippen molar-refractivity contribution in [3.05, 3.63) is 16.1 Å². The largest absolute Gasteiger partial charge is 0.347 e. The summed E-state index contributed by atoms with van der Waals surface area (Å²) in [5, 5.41) is 6.17. The second-order valence-corrected chi connectivity index (χ2v) is 8.75. The van der Waals surface area contributed by atoms with Crippen LogP contribution in [0.1, 0.15) is 77.0 Å². The highest BCUT2D eigenvalue weighted by atomic mass is 32.1. The molecule has 3 N–H and O–H groups in total. The second kappa shape index (κ2) is 6.28. The van der Waals surface area contributed by atoms with Crippen molar-refractivity contribution in [3.8, 4) is 0 Å². The molecule has 1 amide bonds. The summed E-state index contributed by atoms with van der Waals surface area (Å²) >= 11 is 1.62. The highest BCUT2D eigenvalue weighted by Gasteiger charge is 2.38. The normalized spacial score (nSPS) is 27.5. The zero-order valence-electron chi connectivity index (χ0n) is 14.4. The number of aromatic nitrogens is 1. The van der Waals surface area contributed by atoms with E-state index in [0.29, 0.717) is 0 Å². The highest BCUT2D eigenvalue weighted by molar-refractivity contribution is 7.09. The third-order valence-corrected chi connectivity index (χ3v) is 5.62. The number of carbonyl (C=O) groups excluding carboxylic acids is 1. The SMILES string of the molecule is CC(NC(=O)C1CCCCC1(C)N)c1nc(C(C)(C)C)cs1. The first kappa shape index (κ1) is 17.4. The van der Waals surface area contributed by atoms with Gasteiger partial charge in [0.25, 0.3) is 0 Å². The van der Waals surface area contributed by atoms with Gasteiger partial charge in [0, 0.05) is 16.3 Å². The number of carbonyl (C=O) groups is 1. The summed E-state index contributed by atoms with van der Waals surface area (Å²) in [4.78, 5) is 17.3. The summed E-state index contributed by atoms with van der Waals surface area (Å²) < 4.78 is 0. The maximum Gasteiger partial charge on any atom is 0.225 e. The molecule has 0 saturated heterocycles. The Balaban J connectivity index is 2.03. The number of nitrogens with one attached hydrogen (secondary N) is 1. The molecule has 4 nitrogen and oxygen atoms in total. The van der Waals surface area contributed by atoms with Crippen molar-refractivity contribution in [1.29, 1.82) is 0 Å². The van der Waals surface area contributed by atoms with Crippen LogP contribution in [0.3, 0.4) is 0 Å². The Labute approximate surface area is 137 Å². The fraction of sp³-hybridized carbons (Fsp3) is 0.765. The first-order valence-electron chi connectivity index (χ1n) is 8.16. The fourth-order valence-corrected chi connectivity index (χ4v) is 4.05. The molecule has 1 fully saturated rings. The van der Waals surface area contributed by atoms with Gasteiger partial charge in [0.05, 0.1) is 17.7 Å². The van der Waals surface area contributed by atoms with Gasteiger partial charge in [-0.2, -0.15) is 0 Å². The topological polar surface area (TPSA) is 68.0 Å². The zero-order chi connectivity index (χ0) is 16.5. The summed E-state index contributed by atoms with van der Waals surface area (Å²) in [7, 11) is 0. The van der Waals surface area contributed by atoms with Crippen LogP contribution in [0.4, 0.5) is 0 Å². The second-order valence-electron chi connectivity index (χ2n) is 7.86. The van der Waals surface area contributed by atoms with E-state index in [1.54, 1.807) is 11.3 Å². The lowest BCUT2D eigenvalue weighted by molar-refractivity contribution is -0.128. The first-order valence-corrected chi connectivity index (χ1v) is 9.04. The lowest BCUT2D eigenvalue weighted by atomic mass is 9.74. The monoisotopic (exact) mass is 323 g/mol. The molecule has 22 heavy (non-hydrogen) atoms. The standard InChI is InChI=1S/C17H29N3OS/c1-11(15-20-13(10-22-15)16(2,3)4)19-14(21)12-8-6-7-9-17(12,5)18/h10-12H,6-9,18H2,1-5H3,(H,19,21). The van der Waals surface area contributed by atoms with Gasteiger partial charge in [-0.1, -0.05) is 33.6 Å². The van der Waals surface area contributed by atoms with Gasteiger partial charge in [0.2, 0.25) is 5.91 Å². The molecule has 3 unspecified atom stereocenters. The lowest BCUT2D eigenvalue weighted by Crippen LogP contribution is -2.53. The van der Waals surface area contributed by atoms with Crippen molar-refractivity contribution in [3.63, 3.8) is 0 Å². The Morgan fingerprint density at radius 1 is 1.50 bits per heavy atom. The Bertz CT molecular complexity index is 530. The van der Waals surface area contributed by atoms with Crippen LogP contribution in [-0.2, 0) is 10.2 Å². The molecule has 5 heteroatoms. The molecule has 1 aliphatic rings. The van der Waals surface area contributed by atoms with Crippen LogP contribution < -0.4 is 11.1 Å². The Kier molecular flexibility index (Phi) is 4.97. The number of thiazole rings is 1. The predicted octanol–water partition coefficient (Wildman–Crippen LogP) is 3.53.